The number of rotatable bonds is 2. The summed E-state index contributed by atoms with van der Waals surface area (Å²) in [7, 11) is 0. The van der Waals surface area contributed by atoms with E-state index in [9.17, 15) is 18.0 Å². The van der Waals surface area contributed by atoms with Crippen LogP contribution in [0.15, 0.2) is 54.6 Å². The van der Waals surface area contributed by atoms with Crippen LogP contribution in [-0.2, 0) is 6.18 Å². The third-order valence-corrected chi connectivity index (χ3v) is 3.46. The standard InChI is InChI=1S/C18H13F3N2O2/c1-11-8-9-12-4-2-7-15(16(12)22-11)25-17(24)23-14-6-3-5-13(10-14)18(19,20)21/h2-10H,1H3,(H,23,24). The van der Waals surface area contributed by atoms with Crippen molar-refractivity contribution < 1.29 is 22.7 Å². The molecule has 7 heteroatoms. The Kier molecular flexibility index (Phi) is 4.31. The van der Waals surface area contributed by atoms with Crippen LogP contribution in [-0.4, -0.2) is 11.1 Å². The van der Waals surface area contributed by atoms with Gasteiger partial charge in [0.1, 0.15) is 5.52 Å². The number of anilines is 1. The second-order valence-corrected chi connectivity index (χ2v) is 5.37. The highest BCUT2D eigenvalue weighted by atomic mass is 19.4. The van der Waals surface area contributed by atoms with Gasteiger partial charge in [-0.25, -0.2) is 9.78 Å². The van der Waals surface area contributed by atoms with Gasteiger partial charge in [0.2, 0.25) is 0 Å². The van der Waals surface area contributed by atoms with Crippen molar-refractivity contribution in [1.82, 2.24) is 4.98 Å². The van der Waals surface area contributed by atoms with Crippen LogP contribution in [0.25, 0.3) is 10.9 Å². The van der Waals surface area contributed by atoms with Gasteiger partial charge in [-0.3, -0.25) is 5.32 Å². The number of nitrogens with one attached hydrogen (secondary N) is 1. The molecule has 0 aliphatic rings. The van der Waals surface area contributed by atoms with Crippen LogP contribution in [0.4, 0.5) is 23.7 Å². The van der Waals surface area contributed by atoms with Crippen LogP contribution < -0.4 is 10.1 Å². The van der Waals surface area contributed by atoms with Crippen LogP contribution in [0.5, 0.6) is 5.75 Å². The molecule has 1 N–H and O–H groups in total. The van der Waals surface area contributed by atoms with Crippen LogP contribution in [0.1, 0.15) is 11.3 Å². The molecule has 0 saturated heterocycles. The molecule has 1 aromatic heterocycles. The fourth-order valence-electron chi connectivity index (χ4n) is 2.32. The lowest BCUT2D eigenvalue weighted by Gasteiger charge is -2.11. The van der Waals surface area contributed by atoms with Crippen LogP contribution in [0, 0.1) is 6.92 Å². The van der Waals surface area contributed by atoms with Crippen LogP contribution in [0.3, 0.4) is 0 Å². The van der Waals surface area contributed by atoms with Crippen LogP contribution >= 0.6 is 0 Å². The minimum absolute atomic E-state index is 0.01000. The number of amides is 1. The first-order valence-corrected chi connectivity index (χ1v) is 7.35. The van der Waals surface area contributed by atoms with Crippen molar-refractivity contribution in [2.45, 2.75) is 13.1 Å². The van der Waals surface area contributed by atoms with Crippen molar-refractivity contribution in [2.24, 2.45) is 0 Å². The van der Waals surface area contributed by atoms with Crippen molar-refractivity contribution in [3.8, 4) is 5.75 Å². The molecule has 25 heavy (non-hydrogen) atoms. The lowest BCUT2D eigenvalue weighted by atomic mass is 10.2. The number of carbonyl (C=O) groups excluding carboxylic acids is 1. The largest absolute Gasteiger partial charge is 0.417 e. The molecule has 0 saturated carbocycles. The number of ether oxygens (including phenoxy) is 1. The van der Waals surface area contributed by atoms with Gasteiger partial charge in [-0.1, -0.05) is 24.3 Å². The Balaban J connectivity index is 1.81. The van der Waals surface area contributed by atoms with E-state index in [4.69, 9.17) is 4.74 Å². The zero-order valence-electron chi connectivity index (χ0n) is 13.1. The summed E-state index contributed by atoms with van der Waals surface area (Å²) in [6.45, 7) is 1.80. The summed E-state index contributed by atoms with van der Waals surface area (Å²) < 4.78 is 43.4. The number of pyridine rings is 1. The average Bonchev–Trinajstić information content (AvgIpc) is 2.55. The molecule has 0 bridgehead atoms. The number of halogens is 3. The van der Waals surface area contributed by atoms with Crippen LogP contribution in [0.2, 0.25) is 0 Å². The van der Waals surface area contributed by atoms with Gasteiger partial charge < -0.3 is 4.74 Å². The predicted octanol–water partition coefficient (Wildman–Crippen LogP) is 5.17. The Morgan fingerprint density at radius 2 is 1.84 bits per heavy atom. The fourth-order valence-corrected chi connectivity index (χ4v) is 2.32. The highest BCUT2D eigenvalue weighted by Gasteiger charge is 2.30. The first kappa shape index (κ1) is 16.8. The van der Waals surface area contributed by atoms with Gasteiger partial charge in [-0.2, -0.15) is 13.2 Å². The van der Waals surface area contributed by atoms with Gasteiger partial charge >= 0.3 is 12.3 Å². The van der Waals surface area contributed by atoms with E-state index in [-0.39, 0.29) is 11.4 Å². The molecule has 0 unspecified atom stereocenters. The van der Waals surface area contributed by atoms with Gasteiger partial charge in [0.15, 0.2) is 5.75 Å². The topological polar surface area (TPSA) is 51.2 Å². The minimum atomic E-state index is -4.49. The molecule has 0 atom stereocenters. The predicted molar refractivity (Wildman–Crippen MR) is 87.6 cm³/mol. The first-order chi connectivity index (χ1) is 11.8. The molecule has 0 aliphatic heterocycles. The Bertz CT molecular complexity index is 939. The molecule has 1 heterocycles. The smallest absolute Gasteiger partial charge is 0.408 e. The van der Waals surface area contributed by atoms with E-state index >= 15 is 0 Å². The van der Waals surface area contributed by atoms with Gasteiger partial charge in [-0.05, 0) is 37.3 Å². The Hall–Kier alpha value is -3.09. The van der Waals surface area contributed by atoms with E-state index in [0.29, 0.717) is 5.52 Å². The number of hydrogen-bond acceptors (Lipinski definition) is 3. The average molecular weight is 346 g/mol. The number of nitrogens with zero attached hydrogens (tertiary/aromatic N) is 1. The zero-order valence-corrected chi connectivity index (χ0v) is 13.1. The van der Waals surface area contributed by atoms with Gasteiger partial charge in [0.05, 0.1) is 5.56 Å². The molecule has 0 radical (unpaired) electrons. The third-order valence-electron chi connectivity index (χ3n) is 3.46. The second kappa shape index (κ2) is 6.43. The van der Waals surface area contributed by atoms with Crippen molar-refractivity contribution >= 4 is 22.7 Å². The SMILES string of the molecule is Cc1ccc2cccc(OC(=O)Nc3cccc(C(F)(F)F)c3)c2n1. The number of aryl methyl sites for hydroxylation is 1. The third kappa shape index (κ3) is 3.88. The zero-order chi connectivity index (χ0) is 18.0. The molecule has 128 valence electrons. The summed E-state index contributed by atoms with van der Waals surface area (Å²) in [5, 5.41) is 3.08. The Morgan fingerprint density at radius 3 is 2.60 bits per heavy atom. The maximum atomic E-state index is 12.7. The van der Waals surface area contributed by atoms with Gasteiger partial charge in [0.25, 0.3) is 0 Å². The molecule has 3 rings (SSSR count). The summed E-state index contributed by atoms with van der Waals surface area (Å²) in [5.74, 6) is 0.227. The first-order valence-electron chi connectivity index (χ1n) is 7.35. The number of alkyl halides is 3. The number of para-hydroxylation sites is 1. The molecule has 0 aliphatic carbocycles. The minimum Gasteiger partial charge on any atom is -0.408 e. The van der Waals surface area contributed by atoms with E-state index in [1.165, 1.54) is 12.1 Å². The number of carbonyl (C=O) groups is 1. The monoisotopic (exact) mass is 346 g/mol. The van der Waals surface area contributed by atoms with Gasteiger partial charge in [0, 0.05) is 16.8 Å². The summed E-state index contributed by atoms with van der Waals surface area (Å²) in [6, 6.07) is 13.1. The van der Waals surface area contributed by atoms with E-state index in [1.54, 1.807) is 19.1 Å². The normalized spacial score (nSPS) is 11.4. The number of hydrogen-bond donors (Lipinski definition) is 1. The fraction of sp³-hybridized carbons (Fsp3) is 0.111. The molecule has 1 amide bonds. The highest BCUT2D eigenvalue weighted by molar-refractivity contribution is 5.91. The molecule has 3 aromatic rings. The molecule has 4 nitrogen and oxygen atoms in total. The highest BCUT2D eigenvalue weighted by Crippen LogP contribution is 2.31. The quantitative estimate of drug-likeness (QED) is 0.696. The van der Waals surface area contributed by atoms with E-state index < -0.39 is 17.8 Å². The van der Waals surface area contributed by atoms with Crippen molar-refractivity contribution in [1.29, 1.82) is 0 Å². The summed E-state index contributed by atoms with van der Waals surface area (Å²) in [5.41, 5.74) is 0.389. The van der Waals surface area contributed by atoms with E-state index in [1.807, 2.05) is 18.2 Å². The Morgan fingerprint density at radius 1 is 1.08 bits per heavy atom. The molecular weight excluding hydrogens is 333 g/mol. The second-order valence-electron chi connectivity index (χ2n) is 5.37. The summed E-state index contributed by atoms with van der Waals surface area (Å²) >= 11 is 0. The Labute approximate surface area is 141 Å². The van der Waals surface area contributed by atoms with Crippen molar-refractivity contribution in [3.63, 3.8) is 0 Å². The number of fused-ring (bicyclic) bond motifs is 1. The maximum Gasteiger partial charge on any atom is 0.417 e. The lowest BCUT2D eigenvalue weighted by molar-refractivity contribution is -0.137. The van der Waals surface area contributed by atoms with E-state index in [2.05, 4.69) is 10.3 Å². The summed E-state index contributed by atoms with van der Waals surface area (Å²) in [4.78, 5) is 16.4. The lowest BCUT2D eigenvalue weighted by Crippen LogP contribution is -2.17. The van der Waals surface area contributed by atoms with Crippen molar-refractivity contribution in [2.75, 3.05) is 5.32 Å². The maximum absolute atomic E-state index is 12.7. The molecule has 0 spiro atoms. The van der Waals surface area contributed by atoms with E-state index in [0.717, 1.165) is 23.2 Å². The molecular formula is C18H13F3N2O2. The van der Waals surface area contributed by atoms with Crippen molar-refractivity contribution in [3.05, 3.63) is 65.9 Å². The summed E-state index contributed by atoms with van der Waals surface area (Å²) in [6.07, 6.45) is -5.38. The molecule has 0 fully saturated rings. The van der Waals surface area contributed by atoms with Gasteiger partial charge in [-0.15, -0.1) is 0 Å². The number of aromatic nitrogens is 1. The number of benzene rings is 2. The molecule has 2 aromatic carbocycles.